The van der Waals surface area contributed by atoms with Crippen molar-refractivity contribution in [2.45, 2.75) is 26.2 Å². The third-order valence-corrected chi connectivity index (χ3v) is 6.80. The molecular weight excluding hydrogens is 300 g/mol. The molecule has 0 saturated carbocycles. The monoisotopic (exact) mass is 320 g/mol. The number of nitrogens with zero attached hydrogens (tertiary/aromatic N) is 3. The Morgan fingerprint density at radius 1 is 1.27 bits per heavy atom. The van der Waals surface area contributed by atoms with Crippen molar-refractivity contribution in [2.75, 3.05) is 29.5 Å². The van der Waals surface area contributed by atoms with Crippen LogP contribution in [0.1, 0.15) is 25.3 Å². The number of fused-ring (bicyclic) bond motifs is 1. The fourth-order valence-corrected chi connectivity index (χ4v) is 5.42. The van der Waals surface area contributed by atoms with Crippen molar-refractivity contribution >= 4 is 26.7 Å². The molecule has 2 aromatic heterocycles. The summed E-state index contributed by atoms with van der Waals surface area (Å²) in [5.41, 5.74) is 2.29. The van der Waals surface area contributed by atoms with Crippen molar-refractivity contribution in [1.29, 1.82) is 0 Å². The Morgan fingerprint density at radius 3 is 2.68 bits per heavy atom. The Morgan fingerprint density at radius 2 is 2.00 bits per heavy atom. The number of nitrogens with one attached hydrogen (secondary N) is 1. The van der Waals surface area contributed by atoms with E-state index in [2.05, 4.69) is 26.8 Å². The van der Waals surface area contributed by atoms with E-state index in [4.69, 9.17) is 0 Å². The average molecular weight is 320 g/mol. The van der Waals surface area contributed by atoms with Crippen LogP contribution in [0.5, 0.6) is 0 Å². The summed E-state index contributed by atoms with van der Waals surface area (Å²) >= 11 is 0. The lowest BCUT2D eigenvalue weighted by atomic mass is 9.74. The maximum atomic E-state index is 11.6. The van der Waals surface area contributed by atoms with Gasteiger partial charge in [0, 0.05) is 24.7 Å². The fraction of sp³-hybridized carbons (Fsp3) is 0.600. The summed E-state index contributed by atoms with van der Waals surface area (Å²) in [6, 6.07) is 0. The molecule has 0 amide bonds. The highest BCUT2D eigenvalue weighted by atomic mass is 32.2. The topological polar surface area (TPSA) is 79.0 Å². The van der Waals surface area contributed by atoms with Gasteiger partial charge < -0.3 is 9.88 Å². The first-order valence-electron chi connectivity index (χ1n) is 7.78. The van der Waals surface area contributed by atoms with Crippen molar-refractivity contribution in [2.24, 2.45) is 5.41 Å². The van der Waals surface area contributed by atoms with Crippen LogP contribution in [0.15, 0.2) is 12.5 Å². The average Bonchev–Trinajstić information content (AvgIpc) is 2.89. The van der Waals surface area contributed by atoms with Crippen LogP contribution < -0.4 is 4.90 Å². The minimum atomic E-state index is -2.80. The van der Waals surface area contributed by atoms with Gasteiger partial charge in [0.25, 0.3) is 0 Å². The summed E-state index contributed by atoms with van der Waals surface area (Å²) in [5.74, 6) is 1.66. The van der Waals surface area contributed by atoms with E-state index in [0.29, 0.717) is 11.5 Å². The molecule has 0 bridgehead atoms. The highest BCUT2D eigenvalue weighted by Gasteiger charge is 2.47. The largest absolute Gasteiger partial charge is 0.355 e. The highest BCUT2D eigenvalue weighted by molar-refractivity contribution is 7.91. The standard InChI is InChI=1S/C15H20N4O2S/c1-2-11-7-16-13-12(11)14(18-10-17-13)19-8-15(9-19)3-5-22(20,21)6-4-15/h7,10H,2-6,8-9H2,1H3,(H,16,17,18). The first-order chi connectivity index (χ1) is 10.5. The van der Waals surface area contributed by atoms with Crippen LogP contribution in [-0.4, -0.2) is 48.0 Å². The maximum absolute atomic E-state index is 11.6. The van der Waals surface area contributed by atoms with Gasteiger partial charge in [0.05, 0.1) is 16.9 Å². The summed E-state index contributed by atoms with van der Waals surface area (Å²) in [4.78, 5) is 14.3. The van der Waals surface area contributed by atoms with Crippen molar-refractivity contribution in [3.63, 3.8) is 0 Å². The van der Waals surface area contributed by atoms with Gasteiger partial charge in [-0.25, -0.2) is 18.4 Å². The van der Waals surface area contributed by atoms with E-state index in [1.165, 1.54) is 5.56 Å². The summed E-state index contributed by atoms with van der Waals surface area (Å²) in [6.07, 6.45) is 6.12. The van der Waals surface area contributed by atoms with Crippen LogP contribution in [0.25, 0.3) is 11.0 Å². The van der Waals surface area contributed by atoms with Crippen LogP contribution in [-0.2, 0) is 16.3 Å². The van der Waals surface area contributed by atoms with Gasteiger partial charge in [-0.3, -0.25) is 0 Å². The van der Waals surface area contributed by atoms with Gasteiger partial charge >= 0.3 is 0 Å². The van der Waals surface area contributed by atoms with Gasteiger partial charge in [-0.1, -0.05) is 6.92 Å². The SMILES string of the molecule is CCc1c[nH]c2ncnc(N3CC4(CCS(=O)(=O)CC4)C3)c12. The molecule has 4 heterocycles. The van der Waals surface area contributed by atoms with Crippen LogP contribution in [0, 0.1) is 5.41 Å². The van der Waals surface area contributed by atoms with Gasteiger partial charge in [-0.05, 0) is 24.8 Å². The lowest BCUT2D eigenvalue weighted by Crippen LogP contribution is -2.59. The molecule has 0 aliphatic carbocycles. The van der Waals surface area contributed by atoms with Crippen LogP contribution in [0.2, 0.25) is 0 Å². The lowest BCUT2D eigenvalue weighted by molar-refractivity contribution is 0.189. The van der Waals surface area contributed by atoms with E-state index in [-0.39, 0.29) is 5.41 Å². The van der Waals surface area contributed by atoms with Gasteiger partial charge in [0.15, 0.2) is 0 Å². The smallest absolute Gasteiger partial charge is 0.150 e. The molecule has 1 N–H and O–H groups in total. The quantitative estimate of drug-likeness (QED) is 0.908. The normalized spacial score (nSPS) is 22.9. The number of sulfone groups is 1. The number of anilines is 1. The molecule has 2 aliphatic rings. The molecule has 2 saturated heterocycles. The molecular formula is C15H20N4O2S. The van der Waals surface area contributed by atoms with E-state index >= 15 is 0 Å². The molecule has 7 heteroatoms. The van der Waals surface area contributed by atoms with Crippen LogP contribution in [0.4, 0.5) is 5.82 Å². The van der Waals surface area contributed by atoms with Crippen molar-refractivity contribution in [1.82, 2.24) is 15.0 Å². The van der Waals surface area contributed by atoms with Crippen LogP contribution >= 0.6 is 0 Å². The first kappa shape index (κ1) is 14.0. The van der Waals surface area contributed by atoms with E-state index in [1.54, 1.807) is 6.33 Å². The number of hydrogen-bond acceptors (Lipinski definition) is 5. The first-order valence-corrected chi connectivity index (χ1v) is 9.60. The third-order valence-electron chi connectivity index (χ3n) is 5.15. The zero-order chi connectivity index (χ0) is 15.4. The molecule has 2 aromatic rings. The molecule has 118 valence electrons. The molecule has 2 aliphatic heterocycles. The Kier molecular flexibility index (Phi) is 2.98. The molecule has 0 radical (unpaired) electrons. The predicted octanol–water partition coefficient (Wildman–Crippen LogP) is 1.54. The van der Waals surface area contributed by atoms with Gasteiger partial charge in [0.2, 0.25) is 0 Å². The minimum absolute atomic E-state index is 0.172. The second-order valence-corrected chi connectivity index (χ2v) is 8.90. The Balaban J connectivity index is 1.60. The number of aromatic amines is 1. The van der Waals surface area contributed by atoms with E-state index in [1.807, 2.05) is 6.20 Å². The number of aromatic nitrogens is 3. The van der Waals surface area contributed by atoms with Crippen molar-refractivity contribution in [3.8, 4) is 0 Å². The number of hydrogen-bond donors (Lipinski definition) is 1. The van der Waals surface area contributed by atoms with E-state index < -0.39 is 9.84 Å². The Labute approximate surface area is 129 Å². The van der Waals surface area contributed by atoms with E-state index in [9.17, 15) is 8.42 Å². The lowest BCUT2D eigenvalue weighted by Gasteiger charge is -2.52. The molecule has 0 atom stereocenters. The van der Waals surface area contributed by atoms with Gasteiger partial charge in [-0.15, -0.1) is 0 Å². The number of H-pyrrole nitrogens is 1. The van der Waals surface area contributed by atoms with Gasteiger partial charge in [-0.2, -0.15) is 0 Å². The summed E-state index contributed by atoms with van der Waals surface area (Å²) in [5, 5.41) is 1.11. The number of aryl methyl sites for hydroxylation is 1. The zero-order valence-electron chi connectivity index (χ0n) is 12.7. The highest BCUT2D eigenvalue weighted by Crippen LogP contribution is 2.44. The van der Waals surface area contributed by atoms with Crippen molar-refractivity contribution in [3.05, 3.63) is 18.1 Å². The Bertz CT molecular complexity index is 805. The molecule has 0 unspecified atom stereocenters. The van der Waals surface area contributed by atoms with Crippen LogP contribution in [0.3, 0.4) is 0 Å². The molecule has 6 nitrogen and oxygen atoms in total. The molecule has 2 fully saturated rings. The zero-order valence-corrected chi connectivity index (χ0v) is 13.5. The molecule has 22 heavy (non-hydrogen) atoms. The predicted molar refractivity (Wildman–Crippen MR) is 85.8 cm³/mol. The fourth-order valence-electron chi connectivity index (χ4n) is 3.73. The molecule has 0 aromatic carbocycles. The number of rotatable bonds is 2. The second kappa shape index (κ2) is 4.68. The van der Waals surface area contributed by atoms with E-state index in [0.717, 1.165) is 49.2 Å². The second-order valence-electron chi connectivity index (χ2n) is 6.60. The maximum Gasteiger partial charge on any atom is 0.150 e. The third kappa shape index (κ3) is 2.10. The summed E-state index contributed by atoms with van der Waals surface area (Å²) in [7, 11) is -2.80. The van der Waals surface area contributed by atoms with Crippen molar-refractivity contribution < 1.29 is 8.42 Å². The molecule has 4 rings (SSSR count). The summed E-state index contributed by atoms with van der Waals surface area (Å²) in [6.45, 7) is 3.94. The Hall–Kier alpha value is -1.63. The molecule has 1 spiro atoms. The summed E-state index contributed by atoms with van der Waals surface area (Å²) < 4.78 is 23.2. The van der Waals surface area contributed by atoms with Gasteiger partial charge in [0.1, 0.15) is 27.6 Å². The minimum Gasteiger partial charge on any atom is -0.355 e.